The van der Waals surface area contributed by atoms with Crippen molar-refractivity contribution in [3.05, 3.63) is 35.6 Å². The van der Waals surface area contributed by atoms with Crippen molar-refractivity contribution in [1.82, 2.24) is 10.2 Å². The molecule has 2 N–H and O–H groups in total. The van der Waals surface area contributed by atoms with E-state index in [9.17, 15) is 14.0 Å². The van der Waals surface area contributed by atoms with Crippen molar-refractivity contribution in [2.24, 2.45) is 0 Å². The van der Waals surface area contributed by atoms with Gasteiger partial charge in [0.1, 0.15) is 17.4 Å². The highest BCUT2D eigenvalue weighted by atomic mass is 19.1. The largest absolute Gasteiger partial charge is 0.480 e. The first-order valence-electron chi connectivity index (χ1n) is 6.12. The number of carbonyl (C=O) groups is 2. The van der Waals surface area contributed by atoms with E-state index in [4.69, 9.17) is 5.11 Å². The standard InChI is InChI=1S/C14H19FN2O3/c1-14(2,13(19)20)16-12(18)11(17(3)4)9-5-7-10(15)8-6-9/h5-8,11H,1-4H3,(H,16,18)(H,19,20)/t11-/m0/s1. The van der Waals surface area contributed by atoms with Gasteiger partial charge in [-0.3, -0.25) is 9.69 Å². The summed E-state index contributed by atoms with van der Waals surface area (Å²) in [6, 6.07) is 4.86. The number of carboxylic acids is 1. The van der Waals surface area contributed by atoms with Gasteiger partial charge in [-0.1, -0.05) is 12.1 Å². The number of hydrogen-bond donors (Lipinski definition) is 2. The summed E-state index contributed by atoms with van der Waals surface area (Å²) in [7, 11) is 3.39. The molecule has 0 unspecified atom stereocenters. The van der Waals surface area contributed by atoms with Gasteiger partial charge in [-0.25, -0.2) is 9.18 Å². The Morgan fingerprint density at radius 3 is 2.15 bits per heavy atom. The van der Waals surface area contributed by atoms with Crippen LogP contribution < -0.4 is 5.32 Å². The van der Waals surface area contributed by atoms with Gasteiger partial charge in [0.15, 0.2) is 0 Å². The maximum absolute atomic E-state index is 12.9. The average Bonchev–Trinajstić information content (AvgIpc) is 2.30. The lowest BCUT2D eigenvalue weighted by Crippen LogP contribution is -2.52. The quantitative estimate of drug-likeness (QED) is 0.856. The van der Waals surface area contributed by atoms with Crippen LogP contribution in [0.25, 0.3) is 0 Å². The van der Waals surface area contributed by atoms with Crippen molar-refractivity contribution < 1.29 is 19.1 Å². The Morgan fingerprint density at radius 1 is 1.25 bits per heavy atom. The molecule has 0 saturated heterocycles. The fourth-order valence-corrected chi connectivity index (χ4v) is 1.76. The van der Waals surface area contributed by atoms with E-state index < -0.39 is 29.3 Å². The molecule has 1 aromatic carbocycles. The number of halogens is 1. The number of hydrogen-bond acceptors (Lipinski definition) is 3. The summed E-state index contributed by atoms with van der Waals surface area (Å²) in [6.45, 7) is 2.81. The highest BCUT2D eigenvalue weighted by Crippen LogP contribution is 2.20. The van der Waals surface area contributed by atoms with Crippen LogP contribution in [0.1, 0.15) is 25.5 Å². The first-order valence-corrected chi connectivity index (χ1v) is 6.12. The van der Waals surface area contributed by atoms with Crippen LogP contribution in [0.15, 0.2) is 24.3 Å². The smallest absolute Gasteiger partial charge is 0.328 e. The van der Waals surface area contributed by atoms with E-state index in [-0.39, 0.29) is 0 Å². The molecule has 6 heteroatoms. The zero-order valence-electron chi connectivity index (χ0n) is 12.0. The molecule has 1 atom stereocenters. The Hall–Kier alpha value is -1.95. The third kappa shape index (κ3) is 3.77. The van der Waals surface area contributed by atoms with Gasteiger partial charge in [-0.2, -0.15) is 0 Å². The number of benzene rings is 1. The maximum Gasteiger partial charge on any atom is 0.328 e. The Morgan fingerprint density at radius 2 is 1.75 bits per heavy atom. The van der Waals surface area contributed by atoms with Gasteiger partial charge in [-0.05, 0) is 45.6 Å². The first-order chi connectivity index (χ1) is 9.15. The summed E-state index contributed by atoms with van der Waals surface area (Å²) >= 11 is 0. The predicted molar refractivity (Wildman–Crippen MR) is 72.7 cm³/mol. The second kappa shape index (κ2) is 6.00. The second-order valence-corrected chi connectivity index (χ2v) is 5.34. The summed E-state index contributed by atoms with van der Waals surface area (Å²) < 4.78 is 12.9. The van der Waals surface area contributed by atoms with Gasteiger partial charge in [0.2, 0.25) is 5.91 Å². The van der Waals surface area contributed by atoms with Gasteiger partial charge >= 0.3 is 5.97 Å². The Balaban J connectivity index is 3.00. The predicted octanol–water partition coefficient (Wildman–Crippen LogP) is 1.41. The number of carbonyl (C=O) groups excluding carboxylic acids is 1. The van der Waals surface area contributed by atoms with Gasteiger partial charge in [0, 0.05) is 0 Å². The van der Waals surface area contributed by atoms with Crippen LogP contribution in [0.5, 0.6) is 0 Å². The topological polar surface area (TPSA) is 69.6 Å². The van der Waals surface area contributed by atoms with E-state index in [1.807, 2.05) is 0 Å². The number of nitrogens with one attached hydrogen (secondary N) is 1. The summed E-state index contributed by atoms with van der Waals surface area (Å²) in [5.41, 5.74) is -0.777. The molecule has 1 amide bonds. The normalized spacial score (nSPS) is 13.1. The lowest BCUT2D eigenvalue weighted by Gasteiger charge is -2.28. The van der Waals surface area contributed by atoms with Gasteiger partial charge in [0.25, 0.3) is 0 Å². The third-order valence-corrected chi connectivity index (χ3v) is 2.92. The van der Waals surface area contributed by atoms with Crippen LogP contribution in [0, 0.1) is 5.82 Å². The summed E-state index contributed by atoms with van der Waals surface area (Å²) in [6.07, 6.45) is 0. The molecule has 0 aliphatic rings. The van der Waals surface area contributed by atoms with Crippen LogP contribution in [-0.4, -0.2) is 41.5 Å². The van der Waals surface area contributed by atoms with Gasteiger partial charge in [0.05, 0.1) is 0 Å². The minimum Gasteiger partial charge on any atom is -0.480 e. The zero-order valence-corrected chi connectivity index (χ0v) is 12.0. The lowest BCUT2D eigenvalue weighted by atomic mass is 10.0. The fraction of sp³-hybridized carbons (Fsp3) is 0.429. The third-order valence-electron chi connectivity index (χ3n) is 2.92. The number of nitrogens with zero attached hydrogens (tertiary/aromatic N) is 1. The SMILES string of the molecule is CN(C)[C@H](C(=O)NC(C)(C)C(=O)O)c1ccc(F)cc1. The number of aliphatic carboxylic acids is 1. The van der Waals surface area contributed by atoms with E-state index in [1.54, 1.807) is 19.0 Å². The van der Waals surface area contributed by atoms with Crippen LogP contribution in [0.3, 0.4) is 0 Å². The van der Waals surface area contributed by atoms with E-state index in [2.05, 4.69) is 5.32 Å². The number of amides is 1. The van der Waals surface area contributed by atoms with Crippen molar-refractivity contribution >= 4 is 11.9 Å². The van der Waals surface area contributed by atoms with Crippen molar-refractivity contribution in [1.29, 1.82) is 0 Å². The van der Waals surface area contributed by atoms with E-state index >= 15 is 0 Å². The lowest BCUT2D eigenvalue weighted by molar-refractivity contribution is -0.146. The van der Waals surface area contributed by atoms with Crippen molar-refractivity contribution in [3.63, 3.8) is 0 Å². The zero-order chi connectivity index (χ0) is 15.5. The summed E-state index contributed by atoms with van der Waals surface area (Å²) in [5, 5.41) is 11.5. The molecule has 1 aromatic rings. The molecule has 0 saturated carbocycles. The average molecular weight is 282 g/mol. The van der Waals surface area contributed by atoms with Crippen molar-refractivity contribution in [3.8, 4) is 0 Å². The summed E-state index contributed by atoms with van der Waals surface area (Å²) in [5.74, 6) is -1.96. The van der Waals surface area contributed by atoms with Crippen LogP contribution >= 0.6 is 0 Å². The highest BCUT2D eigenvalue weighted by Gasteiger charge is 2.33. The molecule has 5 nitrogen and oxygen atoms in total. The Labute approximate surface area is 117 Å². The van der Waals surface area contributed by atoms with Crippen molar-refractivity contribution in [2.75, 3.05) is 14.1 Å². The van der Waals surface area contributed by atoms with Crippen LogP contribution in [0.2, 0.25) is 0 Å². The molecule has 0 aliphatic heterocycles. The van der Waals surface area contributed by atoms with E-state index in [0.29, 0.717) is 5.56 Å². The Bertz CT molecular complexity index is 498. The maximum atomic E-state index is 12.9. The molecule has 1 rings (SSSR count). The van der Waals surface area contributed by atoms with E-state index in [0.717, 1.165) is 0 Å². The van der Waals surface area contributed by atoms with Crippen LogP contribution in [0.4, 0.5) is 4.39 Å². The molecule has 0 aliphatic carbocycles. The summed E-state index contributed by atoms with van der Waals surface area (Å²) in [4.78, 5) is 25.0. The molecule has 0 fully saturated rings. The molecule has 20 heavy (non-hydrogen) atoms. The molecular weight excluding hydrogens is 263 g/mol. The molecule has 110 valence electrons. The second-order valence-electron chi connectivity index (χ2n) is 5.34. The minimum atomic E-state index is -1.37. The van der Waals surface area contributed by atoms with Crippen molar-refractivity contribution in [2.45, 2.75) is 25.4 Å². The van der Waals surface area contributed by atoms with Crippen LogP contribution in [-0.2, 0) is 9.59 Å². The fourth-order valence-electron chi connectivity index (χ4n) is 1.76. The number of rotatable bonds is 5. The van der Waals surface area contributed by atoms with E-state index in [1.165, 1.54) is 38.1 Å². The molecular formula is C14H19FN2O3. The van der Waals surface area contributed by atoms with Gasteiger partial charge < -0.3 is 10.4 Å². The Kier molecular flexibility index (Phi) is 4.83. The molecule has 0 radical (unpaired) electrons. The molecule has 0 spiro atoms. The highest BCUT2D eigenvalue weighted by molar-refractivity contribution is 5.89. The molecule has 0 aromatic heterocycles. The molecule has 0 heterocycles. The monoisotopic (exact) mass is 282 g/mol. The molecule has 0 bridgehead atoms. The number of likely N-dealkylation sites (N-methyl/N-ethyl adjacent to an activating group) is 1. The van der Waals surface area contributed by atoms with Gasteiger partial charge in [-0.15, -0.1) is 0 Å². The first kappa shape index (κ1) is 16.1. The minimum absolute atomic E-state index is 0.391. The number of carboxylic acid groups (broad SMARTS) is 1.